The average molecular weight is 573 g/mol. The minimum absolute atomic E-state index is 0.266. The van der Waals surface area contributed by atoms with Crippen molar-refractivity contribution in [2.45, 2.75) is 18.0 Å². The third-order valence-electron chi connectivity index (χ3n) is 8.99. The Labute approximate surface area is 248 Å². The lowest BCUT2D eigenvalue weighted by molar-refractivity contribution is 0.0586. The van der Waals surface area contributed by atoms with Crippen molar-refractivity contribution in [1.82, 2.24) is 5.01 Å². The van der Waals surface area contributed by atoms with Crippen LogP contribution in [-0.4, -0.2) is 55.9 Å². The van der Waals surface area contributed by atoms with Crippen molar-refractivity contribution in [3.8, 4) is 17.2 Å². The molecule has 0 saturated carbocycles. The van der Waals surface area contributed by atoms with E-state index in [-0.39, 0.29) is 17.3 Å². The molecule has 0 unspecified atom stereocenters. The second-order valence-corrected chi connectivity index (χ2v) is 10.9. The number of ketones is 3. The zero-order valence-corrected chi connectivity index (χ0v) is 23.8. The average Bonchev–Trinajstić information content (AvgIpc) is 3.50. The molecule has 1 spiro atoms. The number of carbonyl (C=O) groups excluding carboxylic acids is 3. The number of benzene rings is 4. The van der Waals surface area contributed by atoms with Crippen molar-refractivity contribution < 1.29 is 28.6 Å². The first-order valence-electron chi connectivity index (χ1n) is 14.0. The normalized spacial score (nSPS) is 20.9. The second kappa shape index (κ2) is 9.94. The van der Waals surface area contributed by atoms with Gasteiger partial charge in [0.1, 0.15) is 17.2 Å². The minimum Gasteiger partial charge on any atom is -0.497 e. The van der Waals surface area contributed by atoms with Crippen LogP contribution in [0.1, 0.15) is 59.7 Å². The fraction of sp³-hybridized carbons (Fsp3) is 0.200. The molecule has 4 aromatic carbocycles. The summed E-state index contributed by atoms with van der Waals surface area (Å²) in [6.07, 6.45) is 1.70. The van der Waals surface area contributed by atoms with Gasteiger partial charge in [-0.3, -0.25) is 19.4 Å². The summed E-state index contributed by atoms with van der Waals surface area (Å²) < 4.78 is 16.5. The molecule has 0 bridgehead atoms. The van der Waals surface area contributed by atoms with E-state index in [2.05, 4.69) is 0 Å². The number of nitrogens with zero attached hydrogens (tertiary/aromatic N) is 2. The number of methoxy groups -OCH3 is 3. The van der Waals surface area contributed by atoms with Gasteiger partial charge in [0, 0.05) is 22.6 Å². The molecule has 0 radical (unpaired) electrons. The van der Waals surface area contributed by atoms with Crippen LogP contribution in [-0.2, 0) is 0 Å². The van der Waals surface area contributed by atoms with Crippen molar-refractivity contribution in [2.24, 2.45) is 10.5 Å². The van der Waals surface area contributed by atoms with Crippen molar-refractivity contribution in [3.63, 3.8) is 0 Å². The Morgan fingerprint density at radius 2 is 1.42 bits per heavy atom. The fourth-order valence-corrected chi connectivity index (χ4v) is 7.12. The van der Waals surface area contributed by atoms with Gasteiger partial charge in [-0.25, -0.2) is 0 Å². The van der Waals surface area contributed by atoms with Crippen molar-refractivity contribution in [3.05, 3.63) is 124 Å². The maximum atomic E-state index is 14.9. The van der Waals surface area contributed by atoms with Crippen LogP contribution in [0, 0.1) is 5.41 Å². The van der Waals surface area contributed by atoms with E-state index in [1.807, 2.05) is 24.3 Å². The number of ether oxygens (including phenoxy) is 3. The van der Waals surface area contributed by atoms with Crippen LogP contribution in [0.2, 0.25) is 0 Å². The highest BCUT2D eigenvalue weighted by Gasteiger charge is 2.72. The van der Waals surface area contributed by atoms with Crippen LogP contribution in [0.3, 0.4) is 0 Å². The van der Waals surface area contributed by atoms with Crippen molar-refractivity contribution in [1.29, 1.82) is 0 Å². The molecule has 2 aliphatic heterocycles. The molecule has 2 heterocycles. The van der Waals surface area contributed by atoms with Gasteiger partial charge in [-0.15, -0.1) is 0 Å². The molecule has 43 heavy (non-hydrogen) atoms. The van der Waals surface area contributed by atoms with Crippen molar-refractivity contribution >= 4 is 23.6 Å². The Balaban J connectivity index is 1.54. The first-order chi connectivity index (χ1) is 20.9. The number of hydrogen-bond donors (Lipinski definition) is 0. The topological polar surface area (TPSA) is 94.5 Å². The number of carbonyl (C=O) groups is 3. The van der Waals surface area contributed by atoms with E-state index < -0.39 is 23.4 Å². The molecular formula is C35H28N2O6. The summed E-state index contributed by atoms with van der Waals surface area (Å²) in [5, 5.41) is 6.48. The molecule has 0 N–H and O–H groups in total. The second-order valence-electron chi connectivity index (χ2n) is 10.9. The number of fused-ring (bicyclic) bond motifs is 5. The van der Waals surface area contributed by atoms with E-state index in [9.17, 15) is 14.4 Å². The van der Waals surface area contributed by atoms with Crippen LogP contribution in [0.25, 0.3) is 0 Å². The molecular weight excluding hydrogens is 544 g/mol. The number of Topliss-reactive ketones (excluding diaryl/α,β-unsaturated/α-hetero) is 3. The summed E-state index contributed by atoms with van der Waals surface area (Å²) >= 11 is 0. The molecule has 8 heteroatoms. The molecule has 7 rings (SSSR count). The van der Waals surface area contributed by atoms with Crippen LogP contribution in [0.15, 0.2) is 96.1 Å². The van der Waals surface area contributed by atoms with Crippen LogP contribution in [0.5, 0.6) is 17.2 Å². The minimum atomic E-state index is -1.68. The zero-order valence-electron chi connectivity index (χ0n) is 23.8. The maximum Gasteiger partial charge on any atom is 0.187 e. The Morgan fingerprint density at radius 1 is 0.767 bits per heavy atom. The van der Waals surface area contributed by atoms with Gasteiger partial charge >= 0.3 is 0 Å². The van der Waals surface area contributed by atoms with E-state index >= 15 is 0 Å². The van der Waals surface area contributed by atoms with Gasteiger partial charge in [-0.05, 0) is 53.1 Å². The SMILES string of the molecule is COc1ccc(C(=O)[C@H]2[C@H](c3ccc(OC)c(OC)c3)C3(C(=O)c4ccccc4C3=O)[C@H]3c4ccccc4C=NN23)cc1. The summed E-state index contributed by atoms with van der Waals surface area (Å²) in [5.41, 5.74) is 1.60. The first kappa shape index (κ1) is 26.6. The fourth-order valence-electron chi connectivity index (χ4n) is 7.12. The highest BCUT2D eigenvalue weighted by Crippen LogP contribution is 2.65. The first-order valence-corrected chi connectivity index (χ1v) is 14.0. The zero-order chi connectivity index (χ0) is 29.9. The molecule has 8 nitrogen and oxygen atoms in total. The molecule has 214 valence electrons. The predicted molar refractivity (Wildman–Crippen MR) is 160 cm³/mol. The highest BCUT2D eigenvalue weighted by molar-refractivity contribution is 6.31. The van der Waals surface area contributed by atoms with Crippen molar-refractivity contribution in [2.75, 3.05) is 21.3 Å². The summed E-state index contributed by atoms with van der Waals surface area (Å²) in [5.74, 6) is -0.297. The van der Waals surface area contributed by atoms with Gasteiger partial charge in [0.15, 0.2) is 28.8 Å². The Bertz CT molecular complexity index is 1790. The number of hydrazone groups is 1. The Kier molecular flexibility index (Phi) is 6.16. The van der Waals surface area contributed by atoms with Crippen LogP contribution < -0.4 is 14.2 Å². The molecule has 1 aliphatic carbocycles. The smallest absolute Gasteiger partial charge is 0.187 e. The molecule has 3 atom stereocenters. The summed E-state index contributed by atoms with van der Waals surface area (Å²) in [7, 11) is 4.62. The Morgan fingerprint density at radius 3 is 2.07 bits per heavy atom. The van der Waals surface area contributed by atoms with Gasteiger partial charge in [-0.1, -0.05) is 54.6 Å². The molecule has 1 fully saturated rings. The summed E-state index contributed by atoms with van der Waals surface area (Å²) in [6.45, 7) is 0. The molecule has 3 aliphatic rings. The van der Waals surface area contributed by atoms with Crippen LogP contribution in [0.4, 0.5) is 0 Å². The highest BCUT2D eigenvalue weighted by atomic mass is 16.5. The monoisotopic (exact) mass is 572 g/mol. The van der Waals surface area contributed by atoms with E-state index in [0.717, 1.165) is 11.1 Å². The maximum absolute atomic E-state index is 14.9. The molecule has 4 aromatic rings. The predicted octanol–water partition coefficient (Wildman–Crippen LogP) is 5.52. The third-order valence-corrected chi connectivity index (χ3v) is 8.99. The van der Waals surface area contributed by atoms with E-state index in [0.29, 0.717) is 39.5 Å². The lowest BCUT2D eigenvalue weighted by Crippen LogP contribution is -2.43. The number of rotatable bonds is 6. The number of hydrogen-bond acceptors (Lipinski definition) is 8. The van der Waals surface area contributed by atoms with Gasteiger partial charge in [0.2, 0.25) is 0 Å². The van der Waals surface area contributed by atoms with E-state index in [1.165, 1.54) is 14.2 Å². The Hall–Kier alpha value is -5.24. The largest absolute Gasteiger partial charge is 0.497 e. The van der Waals surface area contributed by atoms with Crippen LogP contribution >= 0.6 is 0 Å². The molecule has 1 saturated heterocycles. The van der Waals surface area contributed by atoms with Gasteiger partial charge in [0.25, 0.3) is 0 Å². The van der Waals surface area contributed by atoms with E-state index in [1.54, 1.807) is 85.1 Å². The van der Waals surface area contributed by atoms with Gasteiger partial charge < -0.3 is 14.2 Å². The molecule has 0 amide bonds. The summed E-state index contributed by atoms with van der Waals surface area (Å²) in [4.78, 5) is 44.4. The lowest BCUT2D eigenvalue weighted by Gasteiger charge is -2.36. The lowest BCUT2D eigenvalue weighted by atomic mass is 9.63. The van der Waals surface area contributed by atoms with Gasteiger partial charge in [0.05, 0.1) is 33.6 Å². The quantitative estimate of drug-likeness (QED) is 0.222. The van der Waals surface area contributed by atoms with Gasteiger partial charge in [-0.2, -0.15) is 5.10 Å². The molecule has 0 aromatic heterocycles. The standard InChI is InChI=1S/C35H28N2O6/c1-41-23-15-12-20(13-16-23)31(38)30-29(21-14-17-27(42-2)28(18-21)43-3)35(33(39)25-10-6-7-11-26(25)34(35)40)32-24-9-5-4-8-22(24)19-36-37(30)32/h4-19,29-30,32H,1-3H3/t29-,30+,32+/m0/s1. The summed E-state index contributed by atoms with van der Waals surface area (Å²) in [6, 6.07) is 24.8. The van der Waals surface area contributed by atoms with E-state index in [4.69, 9.17) is 19.3 Å². The third kappa shape index (κ3) is 3.62.